The molecule has 0 aliphatic heterocycles. The molecule has 5 atom stereocenters. The molecule has 54 heavy (non-hydrogen) atoms. The number of unbranched alkanes of at least 4 members (excludes halogenated alkanes) is 11. The minimum atomic E-state index is -4.69. The van der Waals surface area contributed by atoms with Crippen molar-refractivity contribution in [2.75, 3.05) is 26.4 Å². The summed E-state index contributed by atoms with van der Waals surface area (Å²) in [5.41, 5.74) is 0. The van der Waals surface area contributed by atoms with Crippen molar-refractivity contribution in [1.29, 1.82) is 0 Å². The Morgan fingerprint density at radius 3 is 1.85 bits per heavy atom. The topological polar surface area (TPSA) is 189 Å². The van der Waals surface area contributed by atoms with E-state index in [0.717, 1.165) is 44.4 Å². The molecule has 0 saturated carbocycles. The molecule has 13 heteroatoms. The molecule has 0 spiro atoms. The van der Waals surface area contributed by atoms with Gasteiger partial charge in [0.05, 0.1) is 32.0 Å². The molecule has 0 bridgehead atoms. The lowest BCUT2D eigenvalue weighted by molar-refractivity contribution is -0.161. The quantitative estimate of drug-likeness (QED) is 0.0176. The molecule has 0 amide bonds. The van der Waals surface area contributed by atoms with Crippen LogP contribution in [0.2, 0.25) is 0 Å². The van der Waals surface area contributed by atoms with E-state index in [1.54, 1.807) is 0 Å². The lowest BCUT2D eigenvalue weighted by Crippen LogP contribution is -2.30. The highest BCUT2D eigenvalue weighted by Gasteiger charge is 2.27. The largest absolute Gasteiger partial charge is 0.472 e. The molecule has 0 saturated heterocycles. The zero-order chi connectivity index (χ0) is 40.3. The average Bonchev–Trinajstić information content (AvgIpc) is 3.14. The molecule has 0 radical (unpaired) electrons. The fourth-order valence-electron chi connectivity index (χ4n) is 5.34. The Labute approximate surface area is 326 Å². The smallest absolute Gasteiger partial charge is 0.462 e. The van der Waals surface area contributed by atoms with Crippen LogP contribution in [0.4, 0.5) is 0 Å². The number of allylic oxidation sites excluding steroid dienone is 5. The summed E-state index contributed by atoms with van der Waals surface area (Å²) in [6, 6.07) is 0. The van der Waals surface area contributed by atoms with Crippen molar-refractivity contribution in [1.82, 2.24) is 0 Å². The van der Waals surface area contributed by atoms with Gasteiger partial charge in [-0.3, -0.25) is 18.6 Å². The fourth-order valence-corrected chi connectivity index (χ4v) is 6.13. The summed E-state index contributed by atoms with van der Waals surface area (Å²) in [5, 5.41) is 39.0. The van der Waals surface area contributed by atoms with Gasteiger partial charge in [0.2, 0.25) is 0 Å². The van der Waals surface area contributed by atoms with Gasteiger partial charge >= 0.3 is 19.8 Å². The summed E-state index contributed by atoms with van der Waals surface area (Å²) in [5.74, 6) is -0.452. The zero-order valence-corrected chi connectivity index (χ0v) is 34.5. The summed E-state index contributed by atoms with van der Waals surface area (Å²) in [6.07, 6.45) is 25.8. The molecule has 0 aromatic heterocycles. The van der Waals surface area contributed by atoms with Crippen LogP contribution in [0.5, 0.6) is 0 Å². The number of carbonyl (C=O) groups excluding carboxylic acids is 2. The number of phosphoric ester groups is 1. The molecule has 5 N–H and O–H groups in total. The van der Waals surface area contributed by atoms with Crippen LogP contribution >= 0.6 is 7.82 Å². The van der Waals surface area contributed by atoms with Gasteiger partial charge in [0, 0.05) is 12.8 Å². The van der Waals surface area contributed by atoms with Crippen LogP contribution in [-0.4, -0.2) is 88.1 Å². The lowest BCUT2D eigenvalue weighted by Gasteiger charge is -2.20. The van der Waals surface area contributed by atoms with Crippen LogP contribution in [0, 0.1) is 5.92 Å². The number of aliphatic hydroxyl groups excluding tert-OH is 4. The van der Waals surface area contributed by atoms with Gasteiger partial charge in [-0.15, -0.1) is 0 Å². The first-order valence-corrected chi connectivity index (χ1v) is 22.0. The van der Waals surface area contributed by atoms with E-state index < -0.39 is 70.6 Å². The van der Waals surface area contributed by atoms with Crippen molar-refractivity contribution < 1.29 is 58.0 Å². The Bertz CT molecular complexity index is 1050. The maximum Gasteiger partial charge on any atom is 0.472 e. The second kappa shape index (κ2) is 35.5. The number of esters is 2. The van der Waals surface area contributed by atoms with E-state index in [4.69, 9.17) is 19.1 Å². The Kier molecular flexibility index (Phi) is 34.3. The predicted molar refractivity (Wildman–Crippen MR) is 213 cm³/mol. The summed E-state index contributed by atoms with van der Waals surface area (Å²) in [6.45, 7) is 4.28. The zero-order valence-electron chi connectivity index (χ0n) is 33.6. The molecule has 3 unspecified atom stereocenters. The number of phosphoric acid groups is 1. The second-order valence-corrected chi connectivity index (χ2v) is 15.9. The minimum Gasteiger partial charge on any atom is -0.462 e. The van der Waals surface area contributed by atoms with E-state index in [1.807, 2.05) is 18.2 Å². The molecule has 316 valence electrons. The molecule has 0 aliphatic rings. The fraction of sp³-hybridized carbons (Fsp3) is 0.805. The van der Waals surface area contributed by atoms with Crippen LogP contribution in [0.1, 0.15) is 156 Å². The van der Waals surface area contributed by atoms with Crippen molar-refractivity contribution >= 4 is 19.8 Å². The molecular weight excluding hydrogens is 715 g/mol. The standard InChI is InChI=1S/C41H75O12P/c1-4-5-6-7-8-9-10-11-14-17-20-23-27-38(44)39(45)28-25-30-41(47)53-37(34-52-54(48,49)51-32-36(43)31-42)33-50-40(46)29-24-21-18-15-12-13-16-19-22-26-35(2)3/h8-9,11,14,20,23,35-39,42-45H,4-7,10,12-13,15-19,21-22,24-34H2,1-3H3,(H,48,49)/b9-8-,14-11-,23-20-/t36-,37+,38?,39?/m0/s1. The minimum absolute atomic E-state index is 0.129. The van der Waals surface area contributed by atoms with Gasteiger partial charge < -0.3 is 34.8 Å². The van der Waals surface area contributed by atoms with Crippen molar-refractivity contribution in [3.8, 4) is 0 Å². The van der Waals surface area contributed by atoms with Gasteiger partial charge in [-0.2, -0.15) is 0 Å². The molecular formula is C41H75O12P. The number of hydrogen-bond donors (Lipinski definition) is 5. The van der Waals surface area contributed by atoms with Gasteiger partial charge in [0.25, 0.3) is 0 Å². The van der Waals surface area contributed by atoms with Gasteiger partial charge in [0.15, 0.2) is 6.10 Å². The van der Waals surface area contributed by atoms with E-state index in [0.29, 0.717) is 6.42 Å². The monoisotopic (exact) mass is 790 g/mol. The third kappa shape index (κ3) is 34.6. The van der Waals surface area contributed by atoms with Crippen molar-refractivity contribution in [2.45, 2.75) is 180 Å². The second-order valence-electron chi connectivity index (χ2n) is 14.4. The summed E-state index contributed by atoms with van der Waals surface area (Å²) >= 11 is 0. The molecule has 0 heterocycles. The Hall–Kier alpha value is -1.89. The van der Waals surface area contributed by atoms with E-state index in [1.165, 1.54) is 57.8 Å². The van der Waals surface area contributed by atoms with Gasteiger partial charge in [-0.25, -0.2) is 4.57 Å². The first-order chi connectivity index (χ1) is 25.9. The van der Waals surface area contributed by atoms with Crippen LogP contribution in [-0.2, 0) is 32.7 Å². The number of hydrogen-bond acceptors (Lipinski definition) is 11. The highest BCUT2D eigenvalue weighted by molar-refractivity contribution is 7.47. The molecule has 0 rings (SSSR count). The van der Waals surface area contributed by atoms with Gasteiger partial charge in [-0.1, -0.05) is 128 Å². The average molecular weight is 791 g/mol. The van der Waals surface area contributed by atoms with E-state index >= 15 is 0 Å². The van der Waals surface area contributed by atoms with Crippen molar-refractivity contribution in [3.05, 3.63) is 36.5 Å². The molecule has 12 nitrogen and oxygen atoms in total. The number of ether oxygens (including phenoxy) is 2. The van der Waals surface area contributed by atoms with E-state index in [9.17, 15) is 34.4 Å². The van der Waals surface area contributed by atoms with Crippen LogP contribution in [0.3, 0.4) is 0 Å². The van der Waals surface area contributed by atoms with Crippen LogP contribution < -0.4 is 0 Å². The summed E-state index contributed by atoms with van der Waals surface area (Å²) in [4.78, 5) is 34.9. The van der Waals surface area contributed by atoms with Gasteiger partial charge in [-0.05, 0) is 57.3 Å². The van der Waals surface area contributed by atoms with Crippen molar-refractivity contribution in [2.24, 2.45) is 5.92 Å². The number of carbonyl (C=O) groups is 2. The third-order valence-electron chi connectivity index (χ3n) is 8.68. The molecule has 0 aromatic rings. The summed E-state index contributed by atoms with van der Waals surface area (Å²) < 4.78 is 32.4. The van der Waals surface area contributed by atoms with Crippen LogP contribution in [0.15, 0.2) is 36.5 Å². The predicted octanol–water partition coefficient (Wildman–Crippen LogP) is 8.19. The Morgan fingerprint density at radius 2 is 1.22 bits per heavy atom. The Balaban J connectivity index is 4.60. The molecule has 0 aromatic carbocycles. The van der Waals surface area contributed by atoms with E-state index in [-0.39, 0.29) is 32.1 Å². The maximum atomic E-state index is 12.6. The highest BCUT2D eigenvalue weighted by atomic mass is 31.2. The Morgan fingerprint density at radius 1 is 0.648 bits per heavy atom. The van der Waals surface area contributed by atoms with Gasteiger partial charge in [0.1, 0.15) is 12.7 Å². The highest BCUT2D eigenvalue weighted by Crippen LogP contribution is 2.43. The lowest BCUT2D eigenvalue weighted by atomic mass is 10.0. The first-order valence-electron chi connectivity index (χ1n) is 20.5. The van der Waals surface area contributed by atoms with Crippen LogP contribution in [0.25, 0.3) is 0 Å². The SMILES string of the molecule is CCCCC/C=C\C/C=C\C/C=C\CC(O)C(O)CCCC(=O)O[C@H](COC(=O)CCCCCCCCCCCC(C)C)COP(=O)(O)OC[C@@H](O)CO. The normalized spacial score (nSPS) is 15.6. The van der Waals surface area contributed by atoms with E-state index in [2.05, 4.69) is 43.5 Å². The number of aliphatic hydroxyl groups is 4. The van der Waals surface area contributed by atoms with Crippen molar-refractivity contribution in [3.63, 3.8) is 0 Å². The first kappa shape index (κ1) is 52.1. The maximum absolute atomic E-state index is 12.6. The molecule has 0 fully saturated rings. The summed E-state index contributed by atoms with van der Waals surface area (Å²) in [7, 11) is -4.69. The number of rotatable bonds is 37. The molecule has 0 aliphatic carbocycles. The third-order valence-corrected chi connectivity index (χ3v) is 9.63.